The van der Waals surface area contributed by atoms with Gasteiger partial charge in [0.25, 0.3) is 0 Å². The lowest BCUT2D eigenvalue weighted by molar-refractivity contribution is 0.299. The maximum atomic E-state index is 12.7. The third-order valence-electron chi connectivity index (χ3n) is 4.35. The summed E-state index contributed by atoms with van der Waals surface area (Å²) in [5.74, 6) is 0.650. The number of hydrogen-bond donors (Lipinski definition) is 1. The van der Waals surface area contributed by atoms with E-state index in [2.05, 4.69) is 6.92 Å². The highest BCUT2D eigenvalue weighted by molar-refractivity contribution is 7.89. The molecule has 1 aliphatic heterocycles. The minimum Gasteiger partial charge on any atom is -0.396 e. The van der Waals surface area contributed by atoms with Gasteiger partial charge in [0.15, 0.2) is 0 Å². The lowest BCUT2D eigenvalue weighted by Gasteiger charge is -2.20. The molecule has 1 heterocycles. The predicted octanol–water partition coefficient (Wildman–Crippen LogP) is 2.42. The molecule has 21 heavy (non-hydrogen) atoms. The Hall–Kier alpha value is -0.910. The summed E-state index contributed by atoms with van der Waals surface area (Å²) in [7, 11) is -3.38. The Morgan fingerprint density at radius 3 is 2.52 bits per heavy atom. The zero-order chi connectivity index (χ0) is 15.3. The molecule has 1 aromatic carbocycles. The van der Waals surface area contributed by atoms with Crippen LogP contribution in [0.25, 0.3) is 0 Å². The topological polar surface area (TPSA) is 57.6 Å². The molecule has 1 fully saturated rings. The molecule has 5 heteroatoms. The fourth-order valence-corrected chi connectivity index (χ4v) is 4.39. The average Bonchev–Trinajstić information content (AvgIpc) is 2.74. The molecule has 1 unspecified atom stereocenters. The van der Waals surface area contributed by atoms with Gasteiger partial charge in [-0.3, -0.25) is 0 Å². The van der Waals surface area contributed by atoms with Crippen molar-refractivity contribution in [2.75, 3.05) is 19.7 Å². The van der Waals surface area contributed by atoms with Crippen LogP contribution in [0.4, 0.5) is 0 Å². The van der Waals surface area contributed by atoms with Crippen LogP contribution >= 0.6 is 0 Å². The van der Waals surface area contributed by atoms with Gasteiger partial charge >= 0.3 is 0 Å². The molecule has 1 saturated heterocycles. The third kappa shape index (κ3) is 4.05. The van der Waals surface area contributed by atoms with Gasteiger partial charge in [0, 0.05) is 19.7 Å². The third-order valence-corrected chi connectivity index (χ3v) is 6.26. The number of sulfonamides is 1. The number of aliphatic hydroxyl groups is 1. The number of aliphatic hydroxyl groups excluding tert-OH is 1. The highest BCUT2D eigenvalue weighted by Gasteiger charge is 2.26. The number of rotatable bonds is 5. The second-order valence-corrected chi connectivity index (χ2v) is 7.66. The van der Waals surface area contributed by atoms with Crippen molar-refractivity contribution in [2.45, 2.75) is 43.9 Å². The Balaban J connectivity index is 2.13. The lowest BCUT2D eigenvalue weighted by atomic mass is 9.98. The molecule has 1 atom stereocenters. The van der Waals surface area contributed by atoms with Crippen molar-refractivity contribution >= 4 is 10.0 Å². The Morgan fingerprint density at radius 2 is 1.90 bits per heavy atom. The standard InChI is InChI=1S/C16H25NO3S/c1-2-14-4-3-11-17(12-9-14)21(19,20)16-7-5-15(6-8-16)10-13-18/h5-8,14,18H,2-4,9-13H2,1H3. The van der Waals surface area contributed by atoms with Crippen LogP contribution in [0.3, 0.4) is 0 Å². The van der Waals surface area contributed by atoms with Crippen LogP contribution in [0.5, 0.6) is 0 Å². The molecule has 0 spiro atoms. The van der Waals surface area contributed by atoms with E-state index in [0.717, 1.165) is 31.2 Å². The number of benzene rings is 1. The van der Waals surface area contributed by atoms with Crippen LogP contribution in [-0.2, 0) is 16.4 Å². The summed E-state index contributed by atoms with van der Waals surface area (Å²) < 4.78 is 27.0. The summed E-state index contributed by atoms with van der Waals surface area (Å²) in [6, 6.07) is 6.89. The first-order valence-electron chi connectivity index (χ1n) is 7.78. The zero-order valence-corrected chi connectivity index (χ0v) is 13.5. The van der Waals surface area contributed by atoms with Gasteiger partial charge in [0.05, 0.1) is 4.90 Å². The van der Waals surface area contributed by atoms with E-state index in [0.29, 0.717) is 30.3 Å². The molecule has 0 amide bonds. The highest BCUT2D eigenvalue weighted by Crippen LogP contribution is 2.25. The van der Waals surface area contributed by atoms with Crippen LogP contribution in [0.15, 0.2) is 29.2 Å². The molecule has 1 aliphatic rings. The normalized spacial score (nSPS) is 21.1. The summed E-state index contributed by atoms with van der Waals surface area (Å²) in [6.07, 6.45) is 4.71. The SMILES string of the molecule is CCC1CCCN(S(=O)(=O)c2ccc(CCO)cc2)CC1. The summed E-state index contributed by atoms with van der Waals surface area (Å²) >= 11 is 0. The molecule has 1 N–H and O–H groups in total. The van der Waals surface area contributed by atoms with Gasteiger partial charge in [-0.2, -0.15) is 4.31 Å². The van der Waals surface area contributed by atoms with Crippen LogP contribution in [-0.4, -0.2) is 37.5 Å². The molecule has 0 aromatic heterocycles. The maximum Gasteiger partial charge on any atom is 0.243 e. The van der Waals surface area contributed by atoms with Crippen molar-refractivity contribution < 1.29 is 13.5 Å². The van der Waals surface area contributed by atoms with E-state index in [-0.39, 0.29) is 6.61 Å². The summed E-state index contributed by atoms with van der Waals surface area (Å²) in [4.78, 5) is 0.360. The quantitative estimate of drug-likeness (QED) is 0.908. The van der Waals surface area contributed by atoms with Gasteiger partial charge in [-0.1, -0.05) is 25.5 Å². The van der Waals surface area contributed by atoms with Crippen molar-refractivity contribution in [2.24, 2.45) is 5.92 Å². The molecular formula is C16H25NO3S. The number of hydrogen-bond acceptors (Lipinski definition) is 3. The van der Waals surface area contributed by atoms with E-state index in [9.17, 15) is 8.42 Å². The van der Waals surface area contributed by atoms with E-state index in [4.69, 9.17) is 5.11 Å². The van der Waals surface area contributed by atoms with Crippen molar-refractivity contribution in [1.82, 2.24) is 4.31 Å². The van der Waals surface area contributed by atoms with Crippen molar-refractivity contribution in [3.63, 3.8) is 0 Å². The fraction of sp³-hybridized carbons (Fsp3) is 0.625. The van der Waals surface area contributed by atoms with Crippen molar-refractivity contribution in [3.05, 3.63) is 29.8 Å². The minimum absolute atomic E-state index is 0.0800. The Bertz CT molecular complexity index is 539. The second kappa shape index (κ2) is 7.38. The van der Waals surface area contributed by atoms with Crippen LogP contribution in [0.2, 0.25) is 0 Å². The number of nitrogens with zero attached hydrogens (tertiary/aromatic N) is 1. The highest BCUT2D eigenvalue weighted by atomic mass is 32.2. The van der Waals surface area contributed by atoms with Gasteiger partial charge in [-0.05, 0) is 49.3 Å². The predicted molar refractivity (Wildman–Crippen MR) is 83.6 cm³/mol. The molecule has 0 saturated carbocycles. The Morgan fingerprint density at radius 1 is 1.19 bits per heavy atom. The van der Waals surface area contributed by atoms with E-state index in [1.807, 2.05) is 0 Å². The molecular weight excluding hydrogens is 286 g/mol. The Labute approximate surface area is 127 Å². The van der Waals surface area contributed by atoms with E-state index >= 15 is 0 Å². The molecule has 0 radical (unpaired) electrons. The Kier molecular flexibility index (Phi) is 5.79. The fourth-order valence-electron chi connectivity index (χ4n) is 2.89. The largest absolute Gasteiger partial charge is 0.396 e. The van der Waals surface area contributed by atoms with Gasteiger partial charge in [-0.25, -0.2) is 8.42 Å². The molecule has 1 aromatic rings. The first-order valence-corrected chi connectivity index (χ1v) is 9.22. The molecule has 0 aliphatic carbocycles. The van der Waals surface area contributed by atoms with Crippen LogP contribution in [0, 0.1) is 5.92 Å². The summed E-state index contributed by atoms with van der Waals surface area (Å²) in [6.45, 7) is 3.50. The van der Waals surface area contributed by atoms with Gasteiger partial charge in [-0.15, -0.1) is 0 Å². The summed E-state index contributed by atoms with van der Waals surface area (Å²) in [5, 5.41) is 8.91. The van der Waals surface area contributed by atoms with Crippen LogP contribution < -0.4 is 0 Å². The smallest absolute Gasteiger partial charge is 0.243 e. The first-order chi connectivity index (χ1) is 10.1. The van der Waals surface area contributed by atoms with Crippen molar-refractivity contribution in [3.8, 4) is 0 Å². The van der Waals surface area contributed by atoms with E-state index in [1.165, 1.54) is 0 Å². The minimum atomic E-state index is -3.38. The lowest BCUT2D eigenvalue weighted by Crippen LogP contribution is -2.32. The summed E-state index contributed by atoms with van der Waals surface area (Å²) in [5.41, 5.74) is 0.957. The van der Waals surface area contributed by atoms with Crippen LogP contribution in [0.1, 0.15) is 38.2 Å². The van der Waals surface area contributed by atoms with Crippen molar-refractivity contribution in [1.29, 1.82) is 0 Å². The van der Waals surface area contributed by atoms with Gasteiger partial charge < -0.3 is 5.11 Å². The molecule has 4 nitrogen and oxygen atoms in total. The molecule has 118 valence electrons. The second-order valence-electron chi connectivity index (χ2n) is 5.73. The van der Waals surface area contributed by atoms with E-state index in [1.54, 1.807) is 28.6 Å². The average molecular weight is 311 g/mol. The maximum absolute atomic E-state index is 12.7. The monoisotopic (exact) mass is 311 g/mol. The zero-order valence-electron chi connectivity index (χ0n) is 12.7. The van der Waals surface area contributed by atoms with Gasteiger partial charge in [0.2, 0.25) is 10.0 Å². The molecule has 0 bridgehead atoms. The van der Waals surface area contributed by atoms with Gasteiger partial charge in [0.1, 0.15) is 0 Å². The molecule has 2 rings (SSSR count). The van der Waals surface area contributed by atoms with E-state index < -0.39 is 10.0 Å². The first kappa shape index (κ1) is 16.5.